The number of hydrogen-bond acceptors (Lipinski definition) is 2. The SMILES string of the molecule is COC(=O)[C@H](c1ccccc1)[C@H](C)c1ccccc1. The van der Waals surface area contributed by atoms with E-state index < -0.39 is 0 Å². The minimum atomic E-state index is -0.270. The summed E-state index contributed by atoms with van der Waals surface area (Å²) in [5.74, 6) is -0.382. The van der Waals surface area contributed by atoms with E-state index >= 15 is 0 Å². The second-order valence-corrected chi connectivity index (χ2v) is 4.61. The van der Waals surface area contributed by atoms with Gasteiger partial charge in [0.15, 0.2) is 0 Å². The Balaban J connectivity index is 2.36. The molecule has 0 aromatic heterocycles. The molecule has 2 nitrogen and oxygen atoms in total. The molecule has 19 heavy (non-hydrogen) atoms. The van der Waals surface area contributed by atoms with E-state index in [2.05, 4.69) is 6.92 Å². The largest absolute Gasteiger partial charge is 0.469 e. The van der Waals surface area contributed by atoms with Crippen LogP contribution in [0, 0.1) is 0 Å². The van der Waals surface area contributed by atoms with E-state index in [-0.39, 0.29) is 17.8 Å². The predicted octanol–water partition coefficient (Wildman–Crippen LogP) is 3.75. The Hall–Kier alpha value is -2.09. The lowest BCUT2D eigenvalue weighted by Crippen LogP contribution is -2.20. The molecule has 0 saturated heterocycles. The summed E-state index contributed by atoms with van der Waals surface area (Å²) in [6.07, 6.45) is 0. The van der Waals surface area contributed by atoms with Gasteiger partial charge >= 0.3 is 5.97 Å². The molecule has 0 unspecified atom stereocenters. The normalized spacial score (nSPS) is 13.6. The molecule has 0 spiro atoms. The number of hydrogen-bond donors (Lipinski definition) is 0. The first-order chi connectivity index (χ1) is 9.24. The zero-order chi connectivity index (χ0) is 13.7. The van der Waals surface area contributed by atoms with Gasteiger partial charge in [0.1, 0.15) is 0 Å². The molecule has 0 heterocycles. The number of rotatable bonds is 4. The molecule has 2 aromatic carbocycles. The molecule has 0 N–H and O–H groups in total. The van der Waals surface area contributed by atoms with Crippen LogP contribution in [-0.4, -0.2) is 13.1 Å². The van der Waals surface area contributed by atoms with Gasteiger partial charge in [-0.2, -0.15) is 0 Å². The van der Waals surface area contributed by atoms with Crippen molar-refractivity contribution in [3.8, 4) is 0 Å². The highest BCUT2D eigenvalue weighted by molar-refractivity contribution is 5.79. The predicted molar refractivity (Wildman–Crippen MR) is 76.1 cm³/mol. The standard InChI is InChI=1S/C17H18O2/c1-13(14-9-5-3-6-10-14)16(17(18)19-2)15-11-7-4-8-12-15/h3-13,16H,1-2H3/t13-,16+/m1/s1. The van der Waals surface area contributed by atoms with Crippen LogP contribution in [0.15, 0.2) is 60.7 Å². The number of carbonyl (C=O) groups is 1. The average Bonchev–Trinajstić information content (AvgIpc) is 2.49. The van der Waals surface area contributed by atoms with Gasteiger partial charge < -0.3 is 4.74 Å². The van der Waals surface area contributed by atoms with Gasteiger partial charge in [-0.3, -0.25) is 4.79 Å². The second kappa shape index (κ2) is 6.19. The topological polar surface area (TPSA) is 26.3 Å². The lowest BCUT2D eigenvalue weighted by molar-refractivity contribution is -0.142. The monoisotopic (exact) mass is 254 g/mol. The van der Waals surface area contributed by atoms with Crippen LogP contribution in [0.5, 0.6) is 0 Å². The number of benzene rings is 2. The van der Waals surface area contributed by atoms with Gasteiger partial charge in [-0.1, -0.05) is 67.6 Å². The minimum absolute atomic E-state index is 0.0797. The third-order valence-corrected chi connectivity index (χ3v) is 3.44. The number of ether oxygens (including phenoxy) is 1. The van der Waals surface area contributed by atoms with E-state index in [1.165, 1.54) is 7.11 Å². The molecule has 2 atom stereocenters. The van der Waals surface area contributed by atoms with Crippen LogP contribution in [0.2, 0.25) is 0 Å². The van der Waals surface area contributed by atoms with Crippen molar-refractivity contribution in [1.29, 1.82) is 0 Å². The first-order valence-electron chi connectivity index (χ1n) is 6.41. The summed E-state index contributed by atoms with van der Waals surface area (Å²) in [6.45, 7) is 2.06. The van der Waals surface area contributed by atoms with E-state index in [4.69, 9.17) is 4.74 Å². The van der Waals surface area contributed by atoms with Crippen LogP contribution in [0.25, 0.3) is 0 Å². The lowest BCUT2D eigenvalue weighted by atomic mass is 9.83. The van der Waals surface area contributed by atoms with Crippen LogP contribution >= 0.6 is 0 Å². The van der Waals surface area contributed by atoms with Crippen LogP contribution < -0.4 is 0 Å². The van der Waals surface area contributed by atoms with E-state index in [9.17, 15) is 4.79 Å². The van der Waals surface area contributed by atoms with Gasteiger partial charge in [-0.25, -0.2) is 0 Å². The van der Waals surface area contributed by atoms with Gasteiger partial charge in [-0.15, -0.1) is 0 Å². The van der Waals surface area contributed by atoms with Crippen molar-refractivity contribution in [1.82, 2.24) is 0 Å². The molecular weight excluding hydrogens is 236 g/mol. The summed E-state index contributed by atoms with van der Waals surface area (Å²) in [5.41, 5.74) is 2.13. The summed E-state index contributed by atoms with van der Waals surface area (Å²) < 4.78 is 4.97. The quantitative estimate of drug-likeness (QED) is 0.777. The number of carbonyl (C=O) groups excluding carboxylic acids is 1. The molecule has 0 radical (unpaired) electrons. The average molecular weight is 254 g/mol. The molecule has 0 saturated carbocycles. The van der Waals surface area contributed by atoms with Crippen molar-refractivity contribution in [3.05, 3.63) is 71.8 Å². The van der Waals surface area contributed by atoms with Crippen LogP contribution in [0.1, 0.15) is 29.9 Å². The first kappa shape index (κ1) is 13.3. The Morgan fingerprint density at radius 2 is 1.37 bits per heavy atom. The third-order valence-electron chi connectivity index (χ3n) is 3.44. The summed E-state index contributed by atoms with van der Waals surface area (Å²) in [7, 11) is 1.44. The Kier molecular flexibility index (Phi) is 4.35. The lowest BCUT2D eigenvalue weighted by Gasteiger charge is -2.22. The fourth-order valence-corrected chi connectivity index (χ4v) is 2.37. The van der Waals surface area contributed by atoms with Crippen molar-refractivity contribution in [2.45, 2.75) is 18.8 Å². The van der Waals surface area contributed by atoms with Gasteiger partial charge in [0.25, 0.3) is 0 Å². The van der Waals surface area contributed by atoms with E-state index in [0.29, 0.717) is 0 Å². The Bertz CT molecular complexity index is 519. The zero-order valence-corrected chi connectivity index (χ0v) is 11.2. The molecule has 0 aliphatic rings. The molecule has 2 aromatic rings. The number of methoxy groups -OCH3 is 1. The fraction of sp³-hybridized carbons (Fsp3) is 0.235. The maximum absolute atomic E-state index is 12.1. The number of esters is 1. The molecule has 2 heteroatoms. The van der Waals surface area contributed by atoms with Crippen molar-refractivity contribution in [3.63, 3.8) is 0 Å². The molecule has 2 rings (SSSR count). The summed E-state index contributed by atoms with van der Waals surface area (Å²) in [6, 6.07) is 19.8. The maximum Gasteiger partial charge on any atom is 0.313 e. The van der Waals surface area contributed by atoms with Crippen LogP contribution in [0.3, 0.4) is 0 Å². The van der Waals surface area contributed by atoms with Gasteiger partial charge in [0, 0.05) is 0 Å². The third kappa shape index (κ3) is 3.02. The van der Waals surface area contributed by atoms with Crippen molar-refractivity contribution in [2.75, 3.05) is 7.11 Å². The Labute approximate surface area is 114 Å². The molecular formula is C17H18O2. The van der Waals surface area contributed by atoms with Crippen molar-refractivity contribution in [2.24, 2.45) is 0 Å². The molecule has 98 valence electrons. The highest BCUT2D eigenvalue weighted by atomic mass is 16.5. The van der Waals surface area contributed by atoms with Crippen molar-refractivity contribution >= 4 is 5.97 Å². The Morgan fingerprint density at radius 3 is 1.84 bits per heavy atom. The summed E-state index contributed by atoms with van der Waals surface area (Å²) >= 11 is 0. The maximum atomic E-state index is 12.1. The molecule has 0 bridgehead atoms. The first-order valence-corrected chi connectivity index (χ1v) is 6.41. The summed E-state index contributed by atoms with van der Waals surface area (Å²) in [5, 5.41) is 0. The minimum Gasteiger partial charge on any atom is -0.469 e. The molecule has 0 amide bonds. The molecule has 0 fully saturated rings. The second-order valence-electron chi connectivity index (χ2n) is 4.61. The van der Waals surface area contributed by atoms with Gasteiger partial charge in [0.05, 0.1) is 13.0 Å². The Morgan fingerprint density at radius 1 is 0.895 bits per heavy atom. The molecule has 0 aliphatic carbocycles. The fourth-order valence-electron chi connectivity index (χ4n) is 2.37. The smallest absolute Gasteiger partial charge is 0.313 e. The highest BCUT2D eigenvalue weighted by Crippen LogP contribution is 2.33. The molecule has 0 aliphatic heterocycles. The highest BCUT2D eigenvalue weighted by Gasteiger charge is 2.28. The van der Waals surface area contributed by atoms with E-state index in [1.807, 2.05) is 60.7 Å². The zero-order valence-electron chi connectivity index (χ0n) is 11.2. The van der Waals surface area contributed by atoms with Crippen LogP contribution in [-0.2, 0) is 9.53 Å². The van der Waals surface area contributed by atoms with Crippen LogP contribution in [0.4, 0.5) is 0 Å². The van der Waals surface area contributed by atoms with E-state index in [0.717, 1.165) is 11.1 Å². The van der Waals surface area contributed by atoms with E-state index in [1.54, 1.807) is 0 Å². The van der Waals surface area contributed by atoms with Gasteiger partial charge in [0.2, 0.25) is 0 Å². The van der Waals surface area contributed by atoms with Crippen molar-refractivity contribution < 1.29 is 9.53 Å². The summed E-state index contributed by atoms with van der Waals surface area (Å²) in [4.78, 5) is 12.1. The van der Waals surface area contributed by atoms with Gasteiger partial charge in [-0.05, 0) is 17.0 Å².